The van der Waals surface area contributed by atoms with Crippen molar-refractivity contribution in [3.05, 3.63) is 88.5 Å². The quantitative estimate of drug-likeness (QED) is 0.435. The van der Waals surface area contributed by atoms with Crippen molar-refractivity contribution in [1.29, 1.82) is 0 Å². The third-order valence-electron chi connectivity index (χ3n) is 5.24. The number of nitrogens with one attached hydrogen (secondary N) is 1. The van der Waals surface area contributed by atoms with Crippen LogP contribution in [-0.2, 0) is 16.2 Å². The molecule has 3 aromatic carbocycles. The molecule has 2 aliphatic heterocycles. The van der Waals surface area contributed by atoms with Crippen LogP contribution in [0.4, 0.5) is 10.5 Å². The number of hydrogen-bond acceptors (Lipinski definition) is 6. The van der Waals surface area contributed by atoms with Gasteiger partial charge in [-0.05, 0) is 54.1 Å². The summed E-state index contributed by atoms with van der Waals surface area (Å²) in [5, 5.41) is 2.66. The SMILES string of the molecule is O=C1NC(=O)N(c2ccc(Cl)cc2)C(=O)/C1=C/c1ccccc1OCc1ccc2c(c1)OCO2. The topological polar surface area (TPSA) is 94.2 Å². The number of anilines is 1. The number of halogens is 1. The Balaban J connectivity index is 1.41. The van der Waals surface area contributed by atoms with Gasteiger partial charge >= 0.3 is 6.03 Å². The molecule has 0 aliphatic carbocycles. The van der Waals surface area contributed by atoms with E-state index in [1.54, 1.807) is 36.4 Å². The first-order valence-corrected chi connectivity index (χ1v) is 10.6. The van der Waals surface area contributed by atoms with E-state index in [0.29, 0.717) is 27.8 Å². The van der Waals surface area contributed by atoms with Gasteiger partial charge in [-0.1, -0.05) is 35.9 Å². The zero-order valence-corrected chi connectivity index (χ0v) is 18.4. The Kier molecular flexibility index (Phi) is 5.65. The first kappa shape index (κ1) is 21.5. The Labute approximate surface area is 199 Å². The maximum atomic E-state index is 13.1. The van der Waals surface area contributed by atoms with E-state index >= 15 is 0 Å². The summed E-state index contributed by atoms with van der Waals surface area (Å²) in [6.07, 6.45) is 1.40. The highest BCUT2D eigenvalue weighted by Crippen LogP contribution is 2.33. The summed E-state index contributed by atoms with van der Waals surface area (Å²) in [4.78, 5) is 38.9. The minimum absolute atomic E-state index is 0.182. The maximum Gasteiger partial charge on any atom is 0.335 e. The van der Waals surface area contributed by atoms with E-state index in [4.69, 9.17) is 25.8 Å². The molecule has 0 unspecified atom stereocenters. The lowest BCUT2D eigenvalue weighted by Crippen LogP contribution is -2.54. The number of benzene rings is 3. The highest BCUT2D eigenvalue weighted by atomic mass is 35.5. The van der Waals surface area contributed by atoms with Crippen LogP contribution in [0.15, 0.2) is 72.3 Å². The number of imide groups is 2. The fourth-order valence-electron chi connectivity index (χ4n) is 3.56. The second kappa shape index (κ2) is 8.92. The predicted octanol–water partition coefficient (Wildman–Crippen LogP) is 4.31. The van der Waals surface area contributed by atoms with Gasteiger partial charge in [0.1, 0.15) is 17.9 Å². The number of rotatable bonds is 5. The minimum atomic E-state index is -0.832. The van der Waals surface area contributed by atoms with Gasteiger partial charge in [-0.15, -0.1) is 0 Å². The van der Waals surface area contributed by atoms with Crippen LogP contribution in [-0.4, -0.2) is 24.6 Å². The van der Waals surface area contributed by atoms with E-state index in [1.165, 1.54) is 18.2 Å². The second-order valence-electron chi connectivity index (χ2n) is 7.45. The zero-order valence-electron chi connectivity index (χ0n) is 17.6. The van der Waals surface area contributed by atoms with Crippen molar-refractivity contribution in [3.8, 4) is 17.2 Å². The van der Waals surface area contributed by atoms with Crippen molar-refractivity contribution >= 4 is 41.2 Å². The molecule has 2 aliphatic rings. The average molecular weight is 477 g/mol. The van der Waals surface area contributed by atoms with Crippen LogP contribution >= 0.6 is 11.6 Å². The Morgan fingerprint density at radius 1 is 0.971 bits per heavy atom. The van der Waals surface area contributed by atoms with Crippen LogP contribution in [0.25, 0.3) is 6.08 Å². The molecule has 1 N–H and O–H groups in total. The molecular formula is C25H17ClN2O6. The van der Waals surface area contributed by atoms with Crippen molar-refractivity contribution in [2.45, 2.75) is 6.61 Å². The van der Waals surface area contributed by atoms with E-state index in [0.717, 1.165) is 10.5 Å². The third-order valence-corrected chi connectivity index (χ3v) is 5.49. The number of barbiturate groups is 1. The van der Waals surface area contributed by atoms with Gasteiger partial charge in [0.25, 0.3) is 11.8 Å². The van der Waals surface area contributed by atoms with Crippen molar-refractivity contribution in [2.75, 3.05) is 11.7 Å². The number of carbonyl (C=O) groups excluding carboxylic acids is 3. The number of nitrogens with zero attached hydrogens (tertiary/aromatic N) is 1. The molecule has 2 heterocycles. The van der Waals surface area contributed by atoms with Gasteiger partial charge in [-0.25, -0.2) is 9.69 Å². The first-order chi connectivity index (χ1) is 16.5. The molecule has 0 radical (unpaired) electrons. The number of ether oxygens (including phenoxy) is 3. The second-order valence-corrected chi connectivity index (χ2v) is 7.88. The van der Waals surface area contributed by atoms with Gasteiger partial charge in [-0.3, -0.25) is 14.9 Å². The van der Waals surface area contributed by atoms with Crippen molar-refractivity contribution in [3.63, 3.8) is 0 Å². The largest absolute Gasteiger partial charge is 0.488 e. The van der Waals surface area contributed by atoms with Crippen molar-refractivity contribution < 1.29 is 28.6 Å². The Morgan fingerprint density at radius 3 is 2.56 bits per heavy atom. The highest BCUT2D eigenvalue weighted by Gasteiger charge is 2.37. The molecule has 34 heavy (non-hydrogen) atoms. The first-order valence-electron chi connectivity index (χ1n) is 10.3. The number of carbonyl (C=O) groups is 3. The number of amides is 4. The van der Waals surface area contributed by atoms with E-state index in [-0.39, 0.29) is 24.7 Å². The molecule has 0 bridgehead atoms. The fraction of sp³-hybridized carbons (Fsp3) is 0.0800. The van der Waals surface area contributed by atoms with E-state index < -0.39 is 17.8 Å². The summed E-state index contributed by atoms with van der Waals surface area (Å²) in [6, 6.07) is 17.8. The molecule has 3 aromatic rings. The van der Waals surface area contributed by atoms with Crippen molar-refractivity contribution in [2.24, 2.45) is 0 Å². The Bertz CT molecular complexity index is 1340. The highest BCUT2D eigenvalue weighted by molar-refractivity contribution is 6.39. The lowest BCUT2D eigenvalue weighted by Gasteiger charge is -2.26. The number of fused-ring (bicyclic) bond motifs is 1. The molecule has 8 nitrogen and oxygen atoms in total. The van der Waals surface area contributed by atoms with E-state index in [9.17, 15) is 14.4 Å². The predicted molar refractivity (Wildman–Crippen MR) is 124 cm³/mol. The van der Waals surface area contributed by atoms with Crippen LogP contribution < -0.4 is 24.4 Å². The standard InChI is InChI=1S/C25H17ClN2O6/c26-17-6-8-18(9-7-17)28-24(30)19(23(29)27-25(28)31)12-16-3-1-2-4-20(16)32-13-15-5-10-21-22(11-15)34-14-33-21/h1-12H,13-14H2,(H,27,29,31)/b19-12+. The third kappa shape index (κ3) is 4.18. The summed E-state index contributed by atoms with van der Waals surface area (Å²) in [5.74, 6) is 0.249. The van der Waals surface area contributed by atoms with Gasteiger partial charge in [0.2, 0.25) is 6.79 Å². The summed E-state index contributed by atoms with van der Waals surface area (Å²) < 4.78 is 16.7. The van der Waals surface area contributed by atoms with Crippen LogP contribution in [0, 0.1) is 0 Å². The van der Waals surface area contributed by atoms with E-state index in [2.05, 4.69) is 5.32 Å². The molecule has 1 saturated heterocycles. The molecule has 4 amide bonds. The van der Waals surface area contributed by atoms with E-state index in [1.807, 2.05) is 18.2 Å². The van der Waals surface area contributed by atoms with Crippen LogP contribution in [0.2, 0.25) is 5.02 Å². The van der Waals surface area contributed by atoms with Crippen LogP contribution in [0.3, 0.4) is 0 Å². The lowest BCUT2D eigenvalue weighted by atomic mass is 10.1. The van der Waals surface area contributed by atoms with Crippen LogP contribution in [0.1, 0.15) is 11.1 Å². The fourth-order valence-corrected chi connectivity index (χ4v) is 3.69. The number of urea groups is 1. The Morgan fingerprint density at radius 2 is 1.74 bits per heavy atom. The zero-order chi connectivity index (χ0) is 23.7. The molecule has 5 rings (SSSR count). The van der Waals surface area contributed by atoms with Gasteiger partial charge in [0.05, 0.1) is 5.69 Å². The van der Waals surface area contributed by atoms with Gasteiger partial charge < -0.3 is 14.2 Å². The monoisotopic (exact) mass is 476 g/mol. The molecule has 0 saturated carbocycles. The molecule has 9 heteroatoms. The molecule has 1 fully saturated rings. The van der Waals surface area contributed by atoms with Gasteiger partial charge in [-0.2, -0.15) is 0 Å². The molecule has 170 valence electrons. The average Bonchev–Trinajstić information content (AvgIpc) is 3.30. The van der Waals surface area contributed by atoms with Crippen LogP contribution in [0.5, 0.6) is 17.2 Å². The lowest BCUT2D eigenvalue weighted by molar-refractivity contribution is -0.122. The van der Waals surface area contributed by atoms with Crippen molar-refractivity contribution in [1.82, 2.24) is 5.32 Å². The summed E-state index contributed by atoms with van der Waals surface area (Å²) in [6.45, 7) is 0.411. The molecule has 0 atom stereocenters. The molecule has 0 aromatic heterocycles. The summed E-state index contributed by atoms with van der Waals surface area (Å²) in [5.41, 5.74) is 1.45. The maximum absolute atomic E-state index is 13.1. The summed E-state index contributed by atoms with van der Waals surface area (Å²) in [7, 11) is 0. The minimum Gasteiger partial charge on any atom is -0.488 e. The number of hydrogen-bond donors (Lipinski definition) is 1. The van der Waals surface area contributed by atoms with Gasteiger partial charge in [0.15, 0.2) is 11.5 Å². The summed E-state index contributed by atoms with van der Waals surface area (Å²) >= 11 is 5.91. The molecule has 0 spiro atoms. The number of para-hydroxylation sites is 1. The normalized spacial score (nSPS) is 16.1. The smallest absolute Gasteiger partial charge is 0.335 e. The Hall–Kier alpha value is -4.30. The molecular weight excluding hydrogens is 460 g/mol. The van der Waals surface area contributed by atoms with Gasteiger partial charge in [0, 0.05) is 10.6 Å².